The van der Waals surface area contributed by atoms with Crippen LogP contribution in [0.5, 0.6) is 0 Å². The van der Waals surface area contributed by atoms with E-state index in [9.17, 15) is 5.11 Å². The van der Waals surface area contributed by atoms with Crippen molar-refractivity contribution < 1.29 is 52.5 Å². The average Bonchev–Trinajstić information content (AvgIpc) is 3.45. The Labute approximate surface area is 432 Å². The van der Waals surface area contributed by atoms with Crippen molar-refractivity contribution in [3.05, 3.63) is 215 Å². The summed E-state index contributed by atoms with van der Waals surface area (Å²) in [5.74, 6) is 0. The maximum Gasteiger partial charge on any atom is 0.187 e. The summed E-state index contributed by atoms with van der Waals surface area (Å²) < 4.78 is 68.9. The second kappa shape index (κ2) is 30.3. The van der Waals surface area contributed by atoms with Gasteiger partial charge in [0.2, 0.25) is 0 Å². The zero-order chi connectivity index (χ0) is 50.1. The molecule has 11 nitrogen and oxygen atoms in total. The van der Waals surface area contributed by atoms with Gasteiger partial charge in [0, 0.05) is 6.61 Å². The first-order valence-corrected chi connectivity index (χ1v) is 26.2. The molecule has 0 radical (unpaired) electrons. The van der Waals surface area contributed by atoms with Gasteiger partial charge >= 0.3 is 0 Å². The second-order valence-electron chi connectivity index (χ2n) is 18.8. The Hall–Kier alpha value is -5.12. The van der Waals surface area contributed by atoms with Gasteiger partial charge in [-0.1, -0.05) is 221 Å². The van der Waals surface area contributed by atoms with Crippen molar-refractivity contribution >= 4 is 0 Å². The standard InChI is InChI=1S/C62H74O11/c1-2-3-4-5-6-25-38-64-61-59(69-44-51-34-21-11-22-35-51)58(68-43-50-32-19-10-20-33-50)56(66-41-48-28-15-8-16-29-48)54(73-61)46-71-62-60(70-45-52-36-23-12-24-37-52)57(67-42-49-30-17-9-18-31-49)55(53(39-63)72-62)65-40-47-26-13-7-14-27-47/h7-24,26-37,53-63H,2-6,25,38-46H2,1H3/t53-,54-,55+,56+,57+,58+,59-,60-,61-,62-/m1/s1. The van der Waals surface area contributed by atoms with Gasteiger partial charge in [0.25, 0.3) is 0 Å². The van der Waals surface area contributed by atoms with E-state index in [2.05, 4.69) is 6.92 Å². The molecule has 0 bridgehead atoms. The van der Waals surface area contributed by atoms with E-state index in [0.29, 0.717) is 19.8 Å². The van der Waals surface area contributed by atoms with Crippen LogP contribution in [0, 0.1) is 0 Å². The lowest BCUT2D eigenvalue weighted by atomic mass is 9.97. The highest BCUT2D eigenvalue weighted by atomic mass is 16.8. The van der Waals surface area contributed by atoms with Crippen molar-refractivity contribution in [1.29, 1.82) is 0 Å². The second-order valence-corrected chi connectivity index (χ2v) is 18.8. The monoisotopic (exact) mass is 995 g/mol. The van der Waals surface area contributed by atoms with Gasteiger partial charge in [0.05, 0.1) is 52.9 Å². The SMILES string of the molecule is CCCCCCCCO[C@@H]1O[C@H](CO[C@@H]2O[C@H](CO)[C@H](OCc3ccccc3)[C@H](OCc3ccccc3)[C@H]2OCc2ccccc2)[C@H](OCc2ccccc2)[C@H](OCc2ccccc2)[C@H]1OCc1ccccc1. The molecule has 10 atom stereocenters. The highest BCUT2D eigenvalue weighted by Gasteiger charge is 2.52. The fourth-order valence-electron chi connectivity index (χ4n) is 9.31. The topological polar surface area (TPSA) is 113 Å². The summed E-state index contributed by atoms with van der Waals surface area (Å²) in [5, 5.41) is 11.1. The summed E-state index contributed by atoms with van der Waals surface area (Å²) in [5.41, 5.74) is 5.91. The number of rotatable bonds is 30. The minimum Gasteiger partial charge on any atom is -0.394 e. The number of aliphatic hydroxyl groups is 1. The van der Waals surface area contributed by atoms with Gasteiger partial charge in [-0.15, -0.1) is 0 Å². The largest absolute Gasteiger partial charge is 0.394 e. The molecule has 0 saturated carbocycles. The predicted octanol–water partition coefficient (Wildman–Crippen LogP) is 11.3. The molecule has 0 unspecified atom stereocenters. The zero-order valence-electron chi connectivity index (χ0n) is 42.2. The molecule has 2 fully saturated rings. The summed E-state index contributed by atoms with van der Waals surface area (Å²) in [7, 11) is 0. The van der Waals surface area contributed by atoms with Crippen LogP contribution in [0.4, 0.5) is 0 Å². The third-order valence-corrected chi connectivity index (χ3v) is 13.3. The maximum atomic E-state index is 11.1. The quantitative estimate of drug-likeness (QED) is 0.0435. The zero-order valence-corrected chi connectivity index (χ0v) is 42.2. The van der Waals surface area contributed by atoms with E-state index >= 15 is 0 Å². The first-order chi connectivity index (χ1) is 36.1. The van der Waals surface area contributed by atoms with Crippen LogP contribution in [-0.4, -0.2) is 86.3 Å². The lowest BCUT2D eigenvalue weighted by molar-refractivity contribution is -0.352. The van der Waals surface area contributed by atoms with E-state index in [0.717, 1.165) is 52.6 Å². The van der Waals surface area contributed by atoms with Gasteiger partial charge in [-0.25, -0.2) is 0 Å². The van der Waals surface area contributed by atoms with Crippen molar-refractivity contribution in [3.63, 3.8) is 0 Å². The smallest absolute Gasteiger partial charge is 0.187 e. The molecule has 0 amide bonds. The summed E-state index contributed by atoms with van der Waals surface area (Å²) in [6.45, 7) is 3.96. The molecular weight excluding hydrogens is 921 g/mol. The van der Waals surface area contributed by atoms with Crippen LogP contribution in [0.15, 0.2) is 182 Å². The number of benzene rings is 6. The minimum absolute atomic E-state index is 0.0259. The molecule has 8 rings (SSSR count). The average molecular weight is 995 g/mol. The van der Waals surface area contributed by atoms with Crippen LogP contribution < -0.4 is 0 Å². The van der Waals surface area contributed by atoms with Crippen molar-refractivity contribution in [2.45, 2.75) is 147 Å². The van der Waals surface area contributed by atoms with E-state index in [-0.39, 0.29) is 39.6 Å². The van der Waals surface area contributed by atoms with Crippen molar-refractivity contribution in [1.82, 2.24) is 0 Å². The summed E-state index contributed by atoms with van der Waals surface area (Å²) in [6.07, 6.45) is -1.20. The van der Waals surface area contributed by atoms with Gasteiger partial charge in [-0.3, -0.25) is 0 Å². The van der Waals surface area contributed by atoms with Crippen LogP contribution in [0.25, 0.3) is 0 Å². The van der Waals surface area contributed by atoms with Crippen LogP contribution in [0.3, 0.4) is 0 Å². The minimum atomic E-state index is -1.05. The summed E-state index contributed by atoms with van der Waals surface area (Å²) in [6, 6.07) is 60.1. The fourth-order valence-corrected chi connectivity index (χ4v) is 9.31. The van der Waals surface area contributed by atoms with E-state index in [1.54, 1.807) is 0 Å². The molecule has 0 aromatic heterocycles. The Balaban J connectivity index is 1.12. The summed E-state index contributed by atoms with van der Waals surface area (Å²) >= 11 is 0. The first-order valence-electron chi connectivity index (χ1n) is 26.2. The Kier molecular flexibility index (Phi) is 22.5. The molecule has 11 heteroatoms. The first kappa shape index (κ1) is 54.2. The Bertz CT molecular complexity index is 2350. The summed E-state index contributed by atoms with van der Waals surface area (Å²) in [4.78, 5) is 0. The molecule has 0 aliphatic carbocycles. The molecule has 388 valence electrons. The maximum absolute atomic E-state index is 11.1. The predicted molar refractivity (Wildman–Crippen MR) is 280 cm³/mol. The molecule has 0 spiro atoms. The Morgan fingerprint density at radius 1 is 0.329 bits per heavy atom. The molecule has 73 heavy (non-hydrogen) atoms. The molecule has 2 aliphatic heterocycles. The third-order valence-electron chi connectivity index (χ3n) is 13.3. The number of ether oxygens (including phenoxy) is 10. The molecule has 1 N–H and O–H groups in total. The molecule has 6 aromatic rings. The van der Waals surface area contributed by atoms with E-state index in [1.165, 1.54) is 19.3 Å². The van der Waals surface area contributed by atoms with Crippen molar-refractivity contribution in [2.75, 3.05) is 19.8 Å². The highest BCUT2D eigenvalue weighted by molar-refractivity contribution is 5.18. The molecule has 2 saturated heterocycles. The number of unbranched alkanes of at least 4 members (excludes halogenated alkanes) is 5. The van der Waals surface area contributed by atoms with Crippen molar-refractivity contribution in [3.8, 4) is 0 Å². The van der Waals surface area contributed by atoms with Gasteiger partial charge < -0.3 is 52.5 Å². The number of aliphatic hydroxyl groups excluding tert-OH is 1. The van der Waals surface area contributed by atoms with Crippen LogP contribution in [0.2, 0.25) is 0 Å². The molecular formula is C62H74O11. The van der Waals surface area contributed by atoms with Crippen LogP contribution >= 0.6 is 0 Å². The van der Waals surface area contributed by atoms with Gasteiger partial charge in [0.15, 0.2) is 12.6 Å². The van der Waals surface area contributed by atoms with Crippen LogP contribution in [-0.2, 0) is 87.0 Å². The molecule has 2 heterocycles. The lowest BCUT2D eigenvalue weighted by Gasteiger charge is -2.48. The van der Waals surface area contributed by atoms with E-state index in [1.807, 2.05) is 182 Å². The van der Waals surface area contributed by atoms with E-state index in [4.69, 9.17) is 47.4 Å². The fraction of sp³-hybridized carbons (Fsp3) is 0.419. The van der Waals surface area contributed by atoms with Crippen molar-refractivity contribution in [2.24, 2.45) is 0 Å². The number of hydrogen-bond donors (Lipinski definition) is 1. The van der Waals surface area contributed by atoms with E-state index < -0.39 is 61.4 Å². The van der Waals surface area contributed by atoms with Gasteiger partial charge in [-0.2, -0.15) is 0 Å². The lowest BCUT2D eigenvalue weighted by Crippen LogP contribution is -2.64. The normalized spacial score (nSPS) is 24.1. The Morgan fingerprint density at radius 2 is 0.630 bits per heavy atom. The molecule has 6 aromatic carbocycles. The van der Waals surface area contributed by atoms with Gasteiger partial charge in [0.1, 0.15) is 48.8 Å². The van der Waals surface area contributed by atoms with Crippen LogP contribution in [0.1, 0.15) is 78.8 Å². The number of hydrogen-bond acceptors (Lipinski definition) is 11. The van der Waals surface area contributed by atoms with Gasteiger partial charge in [-0.05, 0) is 39.8 Å². The molecule has 2 aliphatic rings. The third kappa shape index (κ3) is 16.9. The highest BCUT2D eigenvalue weighted by Crippen LogP contribution is 2.35. The Morgan fingerprint density at radius 3 is 1.00 bits per heavy atom.